The molecule has 1 aromatic carbocycles. The second-order valence-corrected chi connectivity index (χ2v) is 6.98. The number of amides is 1. The summed E-state index contributed by atoms with van der Waals surface area (Å²) in [5, 5.41) is 3.96. The number of benzene rings is 1. The van der Waals surface area contributed by atoms with Gasteiger partial charge in [0.15, 0.2) is 12.3 Å². The van der Waals surface area contributed by atoms with Crippen LogP contribution in [0.1, 0.15) is 23.2 Å². The molecule has 29 heavy (non-hydrogen) atoms. The number of fused-ring (bicyclic) bond motifs is 2. The fourth-order valence-corrected chi connectivity index (χ4v) is 3.73. The highest BCUT2D eigenvalue weighted by molar-refractivity contribution is 5.95. The van der Waals surface area contributed by atoms with Crippen molar-refractivity contribution in [3.05, 3.63) is 47.2 Å². The molecule has 0 saturated heterocycles. The lowest BCUT2D eigenvalue weighted by atomic mass is 10.0. The van der Waals surface area contributed by atoms with Crippen molar-refractivity contribution < 1.29 is 22.7 Å². The van der Waals surface area contributed by atoms with E-state index in [0.717, 1.165) is 30.2 Å². The van der Waals surface area contributed by atoms with Gasteiger partial charge in [-0.3, -0.25) is 9.48 Å². The number of aromatic nitrogens is 3. The van der Waals surface area contributed by atoms with Gasteiger partial charge in [-0.2, -0.15) is 23.3 Å². The van der Waals surface area contributed by atoms with Crippen LogP contribution < -0.4 is 9.64 Å². The first kappa shape index (κ1) is 19.2. The van der Waals surface area contributed by atoms with Gasteiger partial charge in [-0.15, -0.1) is 0 Å². The first-order valence-electron chi connectivity index (χ1n) is 9.18. The lowest BCUT2D eigenvalue weighted by Crippen LogP contribution is -2.38. The Bertz CT molecular complexity index is 1090. The van der Waals surface area contributed by atoms with Gasteiger partial charge in [-0.1, -0.05) is 18.2 Å². The van der Waals surface area contributed by atoms with E-state index in [1.54, 1.807) is 4.90 Å². The Morgan fingerprint density at radius 3 is 2.79 bits per heavy atom. The molecule has 3 aromatic rings. The molecule has 0 spiro atoms. The van der Waals surface area contributed by atoms with Crippen molar-refractivity contribution >= 4 is 22.6 Å². The molecule has 1 amide bonds. The molecular formula is C20H19F3N4O2. The summed E-state index contributed by atoms with van der Waals surface area (Å²) in [7, 11) is 1.52. The molecule has 152 valence electrons. The van der Waals surface area contributed by atoms with Crippen LogP contribution in [0.2, 0.25) is 0 Å². The van der Waals surface area contributed by atoms with Crippen molar-refractivity contribution in [3.8, 4) is 5.88 Å². The van der Waals surface area contributed by atoms with Crippen LogP contribution in [0.25, 0.3) is 11.0 Å². The van der Waals surface area contributed by atoms with Gasteiger partial charge in [0.2, 0.25) is 5.88 Å². The Labute approximate surface area is 164 Å². The molecule has 0 aliphatic carbocycles. The summed E-state index contributed by atoms with van der Waals surface area (Å²) in [5.74, 6) is -0.583. The predicted octanol–water partition coefficient (Wildman–Crippen LogP) is 3.65. The molecule has 2 aromatic heterocycles. The molecule has 1 aliphatic heterocycles. The van der Waals surface area contributed by atoms with E-state index in [2.05, 4.69) is 10.1 Å². The van der Waals surface area contributed by atoms with Crippen LogP contribution in [0.4, 0.5) is 18.9 Å². The molecule has 0 atom stereocenters. The van der Waals surface area contributed by atoms with Crippen molar-refractivity contribution in [1.82, 2.24) is 14.8 Å². The molecule has 0 radical (unpaired) electrons. The van der Waals surface area contributed by atoms with E-state index in [4.69, 9.17) is 4.74 Å². The number of carbonyl (C=O) groups is 1. The molecule has 0 saturated carbocycles. The number of halogens is 3. The van der Waals surface area contributed by atoms with Gasteiger partial charge in [-0.25, -0.2) is 0 Å². The van der Waals surface area contributed by atoms with Crippen LogP contribution in [0.15, 0.2) is 30.3 Å². The summed E-state index contributed by atoms with van der Waals surface area (Å²) < 4.78 is 47.3. The highest BCUT2D eigenvalue weighted by Crippen LogP contribution is 2.37. The van der Waals surface area contributed by atoms with Crippen molar-refractivity contribution in [2.75, 3.05) is 18.1 Å². The first-order valence-corrected chi connectivity index (χ1v) is 9.18. The Morgan fingerprint density at radius 2 is 2.03 bits per heavy atom. The minimum absolute atomic E-state index is 0.0584. The van der Waals surface area contributed by atoms with Crippen LogP contribution >= 0.6 is 0 Å². The minimum Gasteiger partial charge on any atom is -0.467 e. The van der Waals surface area contributed by atoms with Crippen molar-refractivity contribution in [3.63, 3.8) is 0 Å². The number of hydrogen-bond acceptors (Lipinski definition) is 4. The molecule has 0 fully saturated rings. The third kappa shape index (κ3) is 3.52. The zero-order valence-electron chi connectivity index (χ0n) is 16.0. The number of anilines is 1. The Morgan fingerprint density at radius 1 is 1.28 bits per heavy atom. The van der Waals surface area contributed by atoms with Gasteiger partial charge >= 0.3 is 6.18 Å². The maximum atomic E-state index is 13.5. The number of alkyl halides is 3. The van der Waals surface area contributed by atoms with E-state index < -0.39 is 18.3 Å². The topological polar surface area (TPSA) is 60.2 Å². The summed E-state index contributed by atoms with van der Waals surface area (Å²) in [6.45, 7) is 1.64. The largest absolute Gasteiger partial charge is 0.467 e. The lowest BCUT2D eigenvalue weighted by molar-refractivity contribution is -0.136. The van der Waals surface area contributed by atoms with Crippen LogP contribution in [0, 0.1) is 6.92 Å². The van der Waals surface area contributed by atoms with E-state index in [1.165, 1.54) is 18.7 Å². The summed E-state index contributed by atoms with van der Waals surface area (Å²) >= 11 is 0. The van der Waals surface area contributed by atoms with Crippen molar-refractivity contribution in [2.45, 2.75) is 25.9 Å². The molecular weight excluding hydrogens is 385 g/mol. The highest BCUT2D eigenvalue weighted by Gasteiger charge is 2.36. The number of carbonyl (C=O) groups excluding carboxylic acids is 1. The van der Waals surface area contributed by atoms with Crippen molar-refractivity contribution in [2.24, 2.45) is 7.05 Å². The number of para-hydroxylation sites is 1. The zero-order valence-corrected chi connectivity index (χ0v) is 16.0. The SMILES string of the molecule is Cc1nn(C)c2nc(OCC(=O)N3CCCc4ccccc43)cc(C(F)(F)F)c12. The van der Waals surface area contributed by atoms with Gasteiger partial charge in [0.25, 0.3) is 5.91 Å². The fraction of sp³-hybridized carbons (Fsp3) is 0.350. The highest BCUT2D eigenvalue weighted by atomic mass is 19.4. The van der Waals surface area contributed by atoms with Gasteiger partial charge in [0.1, 0.15) is 0 Å². The monoisotopic (exact) mass is 404 g/mol. The average Bonchev–Trinajstić information content (AvgIpc) is 2.98. The number of ether oxygens (including phenoxy) is 1. The van der Waals surface area contributed by atoms with Crippen LogP contribution in [-0.4, -0.2) is 33.8 Å². The van der Waals surface area contributed by atoms with E-state index in [-0.39, 0.29) is 28.5 Å². The maximum Gasteiger partial charge on any atom is 0.417 e. The molecule has 0 unspecified atom stereocenters. The standard InChI is InChI=1S/C20H19F3N4O2/c1-12-18-14(20(21,22)23)10-16(24-19(18)26(2)25-12)29-11-17(28)27-9-5-7-13-6-3-4-8-15(13)27/h3-4,6,8,10H,5,7,9,11H2,1-2H3. The van der Waals surface area contributed by atoms with Crippen LogP contribution in [0.5, 0.6) is 5.88 Å². The summed E-state index contributed by atoms with van der Waals surface area (Å²) in [6, 6.07) is 8.41. The average molecular weight is 404 g/mol. The van der Waals surface area contributed by atoms with E-state index >= 15 is 0 Å². The summed E-state index contributed by atoms with van der Waals surface area (Å²) in [6.07, 6.45) is -2.89. The molecule has 9 heteroatoms. The molecule has 0 N–H and O–H groups in total. The predicted molar refractivity (Wildman–Crippen MR) is 101 cm³/mol. The minimum atomic E-state index is -4.59. The van der Waals surface area contributed by atoms with Gasteiger partial charge in [0.05, 0.1) is 16.6 Å². The Hall–Kier alpha value is -3.10. The summed E-state index contributed by atoms with van der Waals surface area (Å²) in [5.41, 5.74) is 1.29. The molecule has 4 rings (SSSR count). The van der Waals surface area contributed by atoms with Crippen LogP contribution in [-0.2, 0) is 24.4 Å². The van der Waals surface area contributed by atoms with E-state index in [1.807, 2.05) is 24.3 Å². The second kappa shape index (κ2) is 7.06. The van der Waals surface area contributed by atoms with Gasteiger partial charge < -0.3 is 9.64 Å². The van der Waals surface area contributed by atoms with E-state index in [9.17, 15) is 18.0 Å². The normalized spacial score (nSPS) is 14.2. The zero-order chi connectivity index (χ0) is 20.8. The summed E-state index contributed by atoms with van der Waals surface area (Å²) in [4.78, 5) is 18.4. The molecule has 1 aliphatic rings. The maximum absolute atomic E-state index is 13.5. The molecule has 6 nitrogen and oxygen atoms in total. The third-order valence-corrected chi connectivity index (χ3v) is 5.01. The Balaban J connectivity index is 1.61. The smallest absolute Gasteiger partial charge is 0.417 e. The first-order chi connectivity index (χ1) is 13.8. The number of aryl methyl sites for hydroxylation is 3. The fourth-order valence-electron chi connectivity index (χ4n) is 3.73. The number of hydrogen-bond donors (Lipinski definition) is 0. The molecule has 0 bridgehead atoms. The lowest BCUT2D eigenvalue weighted by Gasteiger charge is -2.29. The number of pyridine rings is 1. The van der Waals surface area contributed by atoms with Gasteiger partial charge in [-0.05, 0) is 31.4 Å². The number of rotatable bonds is 3. The number of nitrogens with zero attached hydrogens (tertiary/aromatic N) is 4. The van der Waals surface area contributed by atoms with Crippen molar-refractivity contribution in [1.29, 1.82) is 0 Å². The second-order valence-electron chi connectivity index (χ2n) is 6.98. The quantitative estimate of drug-likeness (QED) is 0.669. The van der Waals surface area contributed by atoms with Gasteiger partial charge in [0, 0.05) is 25.3 Å². The molecule has 3 heterocycles. The van der Waals surface area contributed by atoms with Crippen LogP contribution in [0.3, 0.4) is 0 Å². The van der Waals surface area contributed by atoms with E-state index in [0.29, 0.717) is 6.54 Å². The third-order valence-electron chi connectivity index (χ3n) is 5.01. The Kier molecular flexibility index (Phi) is 4.68.